The highest BCUT2D eigenvalue weighted by Gasteiger charge is 2.08. The summed E-state index contributed by atoms with van der Waals surface area (Å²) in [5.74, 6) is 0.268. The minimum absolute atomic E-state index is 0.151. The van der Waals surface area contributed by atoms with Crippen molar-refractivity contribution in [3.63, 3.8) is 0 Å². The van der Waals surface area contributed by atoms with Gasteiger partial charge in [0.05, 0.1) is 17.2 Å². The highest BCUT2D eigenvalue weighted by atomic mass is 16.5. The Morgan fingerprint density at radius 1 is 1.00 bits per heavy atom. The first-order valence-electron chi connectivity index (χ1n) is 8.02. The average molecular weight is 344 g/mol. The van der Waals surface area contributed by atoms with Crippen molar-refractivity contribution in [1.29, 1.82) is 5.26 Å². The van der Waals surface area contributed by atoms with E-state index in [4.69, 9.17) is 14.7 Å². The van der Waals surface area contributed by atoms with Crippen molar-refractivity contribution in [2.75, 3.05) is 0 Å². The SMILES string of the molecule is N#Cc1cccc(C(=O)OCc2ccc(OCc3cccnc3)cc2)c1. The van der Waals surface area contributed by atoms with Gasteiger partial charge in [-0.15, -0.1) is 0 Å². The molecule has 0 bridgehead atoms. The third-order valence-electron chi connectivity index (χ3n) is 3.65. The van der Waals surface area contributed by atoms with Crippen LogP contribution in [0.15, 0.2) is 73.1 Å². The lowest BCUT2D eigenvalue weighted by Crippen LogP contribution is -2.05. The van der Waals surface area contributed by atoms with Crippen LogP contribution >= 0.6 is 0 Å². The number of aromatic nitrogens is 1. The first kappa shape index (κ1) is 17.2. The fourth-order valence-corrected chi connectivity index (χ4v) is 2.28. The second-order valence-electron chi connectivity index (χ2n) is 5.56. The molecule has 0 aliphatic carbocycles. The van der Waals surface area contributed by atoms with Gasteiger partial charge in [-0.05, 0) is 42.0 Å². The van der Waals surface area contributed by atoms with Gasteiger partial charge in [0, 0.05) is 18.0 Å². The molecule has 3 rings (SSSR count). The van der Waals surface area contributed by atoms with Crippen LogP contribution < -0.4 is 4.74 Å². The zero-order valence-electron chi connectivity index (χ0n) is 14.0. The number of benzene rings is 2. The molecule has 0 atom stereocenters. The van der Waals surface area contributed by atoms with Crippen molar-refractivity contribution in [3.8, 4) is 11.8 Å². The summed E-state index contributed by atoms with van der Waals surface area (Å²) in [6, 6.07) is 19.6. The van der Waals surface area contributed by atoms with E-state index in [1.165, 1.54) is 6.07 Å². The van der Waals surface area contributed by atoms with Crippen molar-refractivity contribution < 1.29 is 14.3 Å². The van der Waals surface area contributed by atoms with E-state index in [9.17, 15) is 4.79 Å². The van der Waals surface area contributed by atoms with Gasteiger partial charge in [-0.2, -0.15) is 5.26 Å². The molecule has 1 aromatic heterocycles. The van der Waals surface area contributed by atoms with Gasteiger partial charge in [-0.25, -0.2) is 4.79 Å². The molecule has 0 N–H and O–H groups in total. The number of hydrogen-bond acceptors (Lipinski definition) is 5. The Labute approximate surface area is 151 Å². The maximum Gasteiger partial charge on any atom is 0.338 e. The minimum Gasteiger partial charge on any atom is -0.489 e. The summed E-state index contributed by atoms with van der Waals surface area (Å²) in [5.41, 5.74) is 2.63. The Morgan fingerprint density at radius 3 is 2.58 bits per heavy atom. The van der Waals surface area contributed by atoms with Gasteiger partial charge in [-0.1, -0.05) is 24.3 Å². The van der Waals surface area contributed by atoms with Gasteiger partial charge < -0.3 is 9.47 Å². The molecule has 0 aliphatic heterocycles. The summed E-state index contributed by atoms with van der Waals surface area (Å²) in [6.07, 6.45) is 3.48. The largest absolute Gasteiger partial charge is 0.489 e. The summed E-state index contributed by atoms with van der Waals surface area (Å²) in [4.78, 5) is 16.1. The normalized spacial score (nSPS) is 9.96. The number of pyridine rings is 1. The van der Waals surface area contributed by atoms with Gasteiger partial charge in [0.2, 0.25) is 0 Å². The number of carbonyl (C=O) groups excluding carboxylic acids is 1. The Kier molecular flexibility index (Phi) is 5.58. The topological polar surface area (TPSA) is 72.2 Å². The third kappa shape index (κ3) is 4.68. The summed E-state index contributed by atoms with van der Waals surface area (Å²) in [5, 5.41) is 8.88. The molecule has 0 spiro atoms. The summed E-state index contributed by atoms with van der Waals surface area (Å²) < 4.78 is 11.0. The first-order chi connectivity index (χ1) is 12.7. The molecule has 1 heterocycles. The molecule has 0 fully saturated rings. The molecule has 0 radical (unpaired) electrons. The zero-order valence-corrected chi connectivity index (χ0v) is 14.0. The van der Waals surface area contributed by atoms with E-state index in [0.717, 1.165) is 16.9 Å². The van der Waals surface area contributed by atoms with E-state index in [-0.39, 0.29) is 6.61 Å². The molecule has 0 amide bonds. The average Bonchev–Trinajstić information content (AvgIpc) is 2.72. The molecule has 0 saturated carbocycles. The maximum absolute atomic E-state index is 12.1. The van der Waals surface area contributed by atoms with Crippen LogP contribution in [-0.2, 0) is 18.0 Å². The third-order valence-corrected chi connectivity index (χ3v) is 3.65. The Bertz CT molecular complexity index is 916. The second-order valence-corrected chi connectivity index (χ2v) is 5.56. The molecular weight excluding hydrogens is 328 g/mol. The summed E-state index contributed by atoms with van der Waals surface area (Å²) >= 11 is 0. The van der Waals surface area contributed by atoms with Crippen LogP contribution in [0.25, 0.3) is 0 Å². The first-order valence-corrected chi connectivity index (χ1v) is 8.02. The molecule has 5 heteroatoms. The van der Waals surface area contributed by atoms with Gasteiger partial charge in [-0.3, -0.25) is 4.98 Å². The van der Waals surface area contributed by atoms with Crippen LogP contribution in [-0.4, -0.2) is 11.0 Å². The van der Waals surface area contributed by atoms with Crippen molar-refractivity contribution in [1.82, 2.24) is 4.98 Å². The molecule has 5 nitrogen and oxygen atoms in total. The number of nitriles is 1. The second kappa shape index (κ2) is 8.45. The Balaban J connectivity index is 1.52. The molecular formula is C21H16N2O3. The molecule has 0 aliphatic rings. The summed E-state index contributed by atoms with van der Waals surface area (Å²) in [7, 11) is 0. The van der Waals surface area contributed by atoms with Crippen LogP contribution in [0.3, 0.4) is 0 Å². The smallest absolute Gasteiger partial charge is 0.338 e. The fraction of sp³-hybridized carbons (Fsp3) is 0.0952. The quantitative estimate of drug-likeness (QED) is 0.634. The molecule has 0 saturated heterocycles. The lowest BCUT2D eigenvalue weighted by atomic mass is 10.1. The molecule has 128 valence electrons. The van der Waals surface area contributed by atoms with E-state index < -0.39 is 5.97 Å². The number of rotatable bonds is 6. The zero-order chi connectivity index (χ0) is 18.2. The number of carbonyl (C=O) groups is 1. The van der Waals surface area contributed by atoms with Gasteiger partial charge >= 0.3 is 5.97 Å². The van der Waals surface area contributed by atoms with Crippen molar-refractivity contribution in [2.45, 2.75) is 13.2 Å². The lowest BCUT2D eigenvalue weighted by molar-refractivity contribution is 0.0472. The minimum atomic E-state index is -0.459. The number of hydrogen-bond donors (Lipinski definition) is 0. The van der Waals surface area contributed by atoms with E-state index in [2.05, 4.69) is 4.98 Å². The Morgan fingerprint density at radius 2 is 1.85 bits per heavy atom. The predicted octanol–water partition coefficient (Wildman–Crippen LogP) is 3.89. The number of nitrogens with zero attached hydrogens (tertiary/aromatic N) is 2. The molecule has 2 aromatic carbocycles. The lowest BCUT2D eigenvalue weighted by Gasteiger charge is -2.08. The van der Waals surface area contributed by atoms with Crippen molar-refractivity contribution in [2.24, 2.45) is 0 Å². The van der Waals surface area contributed by atoms with Gasteiger partial charge in [0.25, 0.3) is 0 Å². The highest BCUT2D eigenvalue weighted by molar-refractivity contribution is 5.89. The predicted molar refractivity (Wildman–Crippen MR) is 95.3 cm³/mol. The van der Waals surface area contributed by atoms with Crippen LogP contribution in [0, 0.1) is 11.3 Å². The van der Waals surface area contributed by atoms with E-state index in [1.807, 2.05) is 42.5 Å². The van der Waals surface area contributed by atoms with E-state index in [0.29, 0.717) is 17.7 Å². The standard InChI is InChI=1S/C21H16N2O3/c22-12-17-3-1-5-19(11-17)21(24)26-14-16-6-8-20(9-7-16)25-15-18-4-2-10-23-13-18/h1-11,13H,14-15H2. The molecule has 0 unspecified atom stereocenters. The number of ether oxygens (including phenoxy) is 2. The van der Waals surface area contributed by atoms with Crippen LogP contribution in [0.5, 0.6) is 5.75 Å². The van der Waals surface area contributed by atoms with Crippen LogP contribution in [0.4, 0.5) is 0 Å². The fourth-order valence-electron chi connectivity index (χ4n) is 2.28. The molecule has 3 aromatic rings. The van der Waals surface area contributed by atoms with Crippen molar-refractivity contribution >= 4 is 5.97 Å². The summed E-state index contributed by atoms with van der Waals surface area (Å²) in [6.45, 7) is 0.593. The van der Waals surface area contributed by atoms with Crippen LogP contribution in [0.1, 0.15) is 27.0 Å². The van der Waals surface area contributed by atoms with E-state index in [1.54, 1.807) is 30.6 Å². The van der Waals surface area contributed by atoms with Crippen LogP contribution in [0.2, 0.25) is 0 Å². The number of esters is 1. The monoisotopic (exact) mass is 344 g/mol. The Hall–Kier alpha value is -3.65. The van der Waals surface area contributed by atoms with Crippen molar-refractivity contribution in [3.05, 3.63) is 95.3 Å². The molecule has 26 heavy (non-hydrogen) atoms. The van der Waals surface area contributed by atoms with Gasteiger partial charge in [0.15, 0.2) is 0 Å². The van der Waals surface area contributed by atoms with Gasteiger partial charge in [0.1, 0.15) is 19.0 Å². The maximum atomic E-state index is 12.1. The highest BCUT2D eigenvalue weighted by Crippen LogP contribution is 2.15. The van der Waals surface area contributed by atoms with E-state index >= 15 is 0 Å².